The monoisotopic (exact) mass is 211 g/mol. The zero-order valence-corrected chi connectivity index (χ0v) is 10.0. The molecule has 0 atom stereocenters. The van der Waals surface area contributed by atoms with E-state index in [1.807, 2.05) is 0 Å². The summed E-state index contributed by atoms with van der Waals surface area (Å²) >= 11 is 0. The van der Waals surface area contributed by atoms with Gasteiger partial charge in [0.25, 0.3) is 0 Å². The first-order chi connectivity index (χ1) is 7.24. The zero-order valence-electron chi connectivity index (χ0n) is 10.0. The van der Waals surface area contributed by atoms with Crippen molar-refractivity contribution in [2.75, 3.05) is 6.54 Å². The molecule has 1 fully saturated rings. The van der Waals surface area contributed by atoms with Crippen molar-refractivity contribution in [3.8, 4) is 0 Å². The molecule has 2 nitrogen and oxygen atoms in total. The average Bonchev–Trinajstić information content (AvgIpc) is 2.25. The zero-order chi connectivity index (χ0) is 11.1. The number of carbonyl (C=O) groups excluding carboxylic acids is 1. The Balaban J connectivity index is 2.11. The minimum absolute atomic E-state index is 0.388. The van der Waals surface area contributed by atoms with Gasteiger partial charge in [-0.3, -0.25) is 4.79 Å². The normalized spacial score (nSPS) is 26.5. The first-order valence-corrected chi connectivity index (χ1v) is 6.46. The van der Waals surface area contributed by atoms with Crippen LogP contribution in [0, 0.1) is 11.8 Å². The van der Waals surface area contributed by atoms with Crippen LogP contribution in [0.5, 0.6) is 0 Å². The van der Waals surface area contributed by atoms with Crippen LogP contribution in [-0.2, 0) is 4.79 Å². The minimum Gasteiger partial charge on any atom is -0.330 e. The first-order valence-electron chi connectivity index (χ1n) is 6.46. The van der Waals surface area contributed by atoms with E-state index in [1.165, 1.54) is 12.8 Å². The third-order valence-corrected chi connectivity index (χ3v) is 3.60. The molecule has 0 aromatic heterocycles. The average molecular weight is 211 g/mol. The number of nitrogens with two attached hydrogens (primary N) is 1. The lowest BCUT2D eigenvalue weighted by Gasteiger charge is -2.25. The van der Waals surface area contributed by atoms with Crippen molar-refractivity contribution in [2.24, 2.45) is 17.6 Å². The van der Waals surface area contributed by atoms with Crippen molar-refractivity contribution in [2.45, 2.75) is 58.3 Å². The number of Topliss-reactive ketones (excluding diaryl/α,β-unsaturated/α-hetero) is 1. The van der Waals surface area contributed by atoms with Crippen LogP contribution in [0.2, 0.25) is 0 Å². The third kappa shape index (κ3) is 4.78. The highest BCUT2D eigenvalue weighted by Crippen LogP contribution is 2.29. The fraction of sp³-hybridized carbons (Fsp3) is 0.923. The van der Waals surface area contributed by atoms with Gasteiger partial charge in [0.1, 0.15) is 5.78 Å². The summed E-state index contributed by atoms with van der Waals surface area (Å²) in [5, 5.41) is 0. The summed E-state index contributed by atoms with van der Waals surface area (Å²) in [7, 11) is 0. The van der Waals surface area contributed by atoms with Crippen LogP contribution in [0.4, 0.5) is 0 Å². The number of rotatable bonds is 6. The maximum absolute atomic E-state index is 11.8. The summed E-state index contributed by atoms with van der Waals surface area (Å²) in [5.41, 5.74) is 5.42. The van der Waals surface area contributed by atoms with Gasteiger partial charge < -0.3 is 5.73 Å². The lowest BCUT2D eigenvalue weighted by Crippen LogP contribution is -2.20. The summed E-state index contributed by atoms with van der Waals surface area (Å²) in [6.07, 6.45) is 8.79. The molecule has 0 aliphatic heterocycles. The van der Waals surface area contributed by atoms with Crippen LogP contribution in [-0.4, -0.2) is 12.3 Å². The Morgan fingerprint density at radius 1 is 1.13 bits per heavy atom. The van der Waals surface area contributed by atoms with Crippen LogP contribution in [0.25, 0.3) is 0 Å². The highest BCUT2D eigenvalue weighted by atomic mass is 16.1. The van der Waals surface area contributed by atoms with Gasteiger partial charge in [-0.1, -0.05) is 26.2 Å². The quantitative estimate of drug-likeness (QED) is 0.686. The molecule has 0 aromatic carbocycles. The molecule has 0 unspecified atom stereocenters. The molecule has 0 radical (unpaired) electrons. The van der Waals surface area contributed by atoms with E-state index in [2.05, 4.69) is 6.92 Å². The molecule has 0 amide bonds. The predicted molar refractivity (Wildman–Crippen MR) is 63.7 cm³/mol. The smallest absolute Gasteiger partial charge is 0.135 e. The Morgan fingerprint density at radius 3 is 2.40 bits per heavy atom. The van der Waals surface area contributed by atoms with Crippen molar-refractivity contribution in [3.05, 3.63) is 0 Å². The highest BCUT2D eigenvalue weighted by molar-refractivity contribution is 5.80. The van der Waals surface area contributed by atoms with Gasteiger partial charge in [-0.05, 0) is 38.1 Å². The predicted octanol–water partition coefficient (Wildman–Crippen LogP) is 2.90. The summed E-state index contributed by atoms with van der Waals surface area (Å²) in [4.78, 5) is 11.8. The molecule has 1 aliphatic carbocycles. The molecule has 0 spiro atoms. The van der Waals surface area contributed by atoms with Crippen molar-refractivity contribution in [1.82, 2.24) is 0 Å². The molecule has 1 saturated carbocycles. The second-order valence-corrected chi connectivity index (χ2v) is 5.02. The molecular weight excluding hydrogens is 186 g/mol. The van der Waals surface area contributed by atoms with Gasteiger partial charge in [-0.15, -0.1) is 0 Å². The Bertz CT molecular complexity index is 183. The van der Waals surface area contributed by atoms with Gasteiger partial charge in [-0.2, -0.15) is 0 Å². The van der Waals surface area contributed by atoms with E-state index in [4.69, 9.17) is 5.73 Å². The van der Waals surface area contributed by atoms with E-state index in [9.17, 15) is 4.79 Å². The highest BCUT2D eigenvalue weighted by Gasteiger charge is 2.23. The van der Waals surface area contributed by atoms with Crippen LogP contribution in [0.3, 0.4) is 0 Å². The van der Waals surface area contributed by atoms with Gasteiger partial charge >= 0.3 is 0 Å². The number of unbranched alkanes of at least 4 members (excludes halogenated alkanes) is 2. The van der Waals surface area contributed by atoms with Gasteiger partial charge in [0.15, 0.2) is 0 Å². The number of hydrogen-bond acceptors (Lipinski definition) is 2. The molecule has 88 valence electrons. The number of hydrogen-bond donors (Lipinski definition) is 1. The largest absolute Gasteiger partial charge is 0.330 e. The van der Waals surface area contributed by atoms with Crippen LogP contribution in [0.15, 0.2) is 0 Å². The van der Waals surface area contributed by atoms with Gasteiger partial charge in [-0.25, -0.2) is 0 Å². The molecule has 0 saturated heterocycles. The van der Waals surface area contributed by atoms with E-state index in [-0.39, 0.29) is 0 Å². The van der Waals surface area contributed by atoms with E-state index in [1.54, 1.807) is 0 Å². The molecule has 1 rings (SSSR count). The van der Waals surface area contributed by atoms with Crippen LogP contribution >= 0.6 is 0 Å². The second kappa shape index (κ2) is 7.00. The number of ketones is 1. The lowest BCUT2D eigenvalue weighted by molar-refractivity contribution is -0.124. The molecule has 2 N–H and O–H groups in total. The van der Waals surface area contributed by atoms with Gasteiger partial charge in [0, 0.05) is 12.3 Å². The maximum Gasteiger partial charge on any atom is 0.135 e. The fourth-order valence-electron chi connectivity index (χ4n) is 2.41. The van der Waals surface area contributed by atoms with Crippen LogP contribution < -0.4 is 5.73 Å². The Hall–Kier alpha value is -0.370. The van der Waals surface area contributed by atoms with Crippen LogP contribution in [0.1, 0.15) is 58.3 Å². The van der Waals surface area contributed by atoms with E-state index < -0.39 is 0 Å². The van der Waals surface area contributed by atoms with Crippen molar-refractivity contribution in [3.63, 3.8) is 0 Å². The molecule has 1 aliphatic rings. The van der Waals surface area contributed by atoms with Crippen molar-refractivity contribution >= 4 is 5.78 Å². The summed E-state index contributed by atoms with van der Waals surface area (Å²) in [5.74, 6) is 1.74. The van der Waals surface area contributed by atoms with E-state index in [0.29, 0.717) is 11.7 Å². The Labute approximate surface area is 93.6 Å². The second-order valence-electron chi connectivity index (χ2n) is 5.02. The molecule has 2 heteroatoms. The Kier molecular flexibility index (Phi) is 5.92. The summed E-state index contributed by atoms with van der Waals surface area (Å²) < 4.78 is 0. The summed E-state index contributed by atoms with van der Waals surface area (Å²) in [6, 6.07) is 0. The maximum atomic E-state index is 11.8. The standard InChI is InChI=1S/C13H25NO/c1-11-6-8-12(9-7-11)13(15)5-3-2-4-10-14/h11-12H,2-10,14H2,1H3. The molecule has 0 bridgehead atoms. The molecule has 0 heterocycles. The van der Waals surface area contributed by atoms with E-state index >= 15 is 0 Å². The third-order valence-electron chi connectivity index (χ3n) is 3.60. The first kappa shape index (κ1) is 12.7. The number of carbonyl (C=O) groups is 1. The van der Waals surface area contributed by atoms with Gasteiger partial charge in [0.2, 0.25) is 0 Å². The SMILES string of the molecule is CC1CCC(C(=O)CCCCCN)CC1. The Morgan fingerprint density at radius 2 is 1.80 bits per heavy atom. The molecule has 0 aromatic rings. The molecular formula is C13H25NO. The summed E-state index contributed by atoms with van der Waals surface area (Å²) in [6.45, 7) is 3.05. The van der Waals surface area contributed by atoms with Crippen molar-refractivity contribution in [1.29, 1.82) is 0 Å². The molecule has 15 heavy (non-hydrogen) atoms. The van der Waals surface area contributed by atoms with Gasteiger partial charge in [0.05, 0.1) is 0 Å². The van der Waals surface area contributed by atoms with E-state index in [0.717, 1.165) is 51.0 Å². The fourth-order valence-corrected chi connectivity index (χ4v) is 2.41. The lowest BCUT2D eigenvalue weighted by atomic mass is 9.80. The topological polar surface area (TPSA) is 43.1 Å². The minimum atomic E-state index is 0.388. The van der Waals surface area contributed by atoms with Crippen molar-refractivity contribution < 1.29 is 4.79 Å².